The summed E-state index contributed by atoms with van der Waals surface area (Å²) in [5.41, 5.74) is 2.56. The van der Waals surface area contributed by atoms with Crippen molar-refractivity contribution in [2.45, 2.75) is 6.92 Å². The standard InChI is InChI=1S/C11H10Br2N2O2/c1-5-6(12)4-7-9(8(5)13)15-11(17-3)10(14-7)16-2/h4H,1-3H3. The molecule has 1 heterocycles. The molecule has 1 aromatic heterocycles. The molecule has 4 nitrogen and oxygen atoms in total. The smallest absolute Gasteiger partial charge is 0.278 e. The second-order valence-corrected chi connectivity index (χ2v) is 5.05. The van der Waals surface area contributed by atoms with E-state index in [0.717, 1.165) is 25.5 Å². The first-order valence-corrected chi connectivity index (χ1v) is 6.41. The van der Waals surface area contributed by atoms with Gasteiger partial charge in [-0.2, -0.15) is 0 Å². The first-order chi connectivity index (χ1) is 8.08. The zero-order valence-corrected chi connectivity index (χ0v) is 12.7. The largest absolute Gasteiger partial charge is 0.477 e. The molecule has 0 radical (unpaired) electrons. The number of benzene rings is 1. The molecular formula is C11H10Br2N2O2. The summed E-state index contributed by atoms with van der Waals surface area (Å²) in [4.78, 5) is 8.75. The number of hydrogen-bond acceptors (Lipinski definition) is 4. The number of halogens is 2. The Balaban J connectivity index is 2.83. The van der Waals surface area contributed by atoms with E-state index >= 15 is 0 Å². The molecule has 0 saturated carbocycles. The van der Waals surface area contributed by atoms with Crippen molar-refractivity contribution in [3.63, 3.8) is 0 Å². The molecule has 6 heteroatoms. The first kappa shape index (κ1) is 12.6. The minimum Gasteiger partial charge on any atom is -0.477 e. The van der Waals surface area contributed by atoms with E-state index in [1.165, 1.54) is 14.2 Å². The van der Waals surface area contributed by atoms with Gasteiger partial charge in [-0.25, -0.2) is 9.97 Å². The Morgan fingerprint density at radius 1 is 1.06 bits per heavy atom. The minimum absolute atomic E-state index is 0.377. The second-order valence-electron chi connectivity index (χ2n) is 3.41. The topological polar surface area (TPSA) is 44.2 Å². The lowest BCUT2D eigenvalue weighted by atomic mass is 10.2. The fourth-order valence-electron chi connectivity index (χ4n) is 1.46. The van der Waals surface area contributed by atoms with Gasteiger partial charge in [-0.05, 0) is 34.5 Å². The van der Waals surface area contributed by atoms with Crippen LogP contribution in [0.4, 0.5) is 0 Å². The molecule has 0 saturated heterocycles. The average molecular weight is 362 g/mol. The molecule has 0 aliphatic rings. The number of ether oxygens (including phenoxy) is 2. The number of rotatable bonds is 2. The van der Waals surface area contributed by atoms with Crippen LogP contribution in [0.1, 0.15) is 5.56 Å². The van der Waals surface area contributed by atoms with E-state index in [2.05, 4.69) is 41.8 Å². The first-order valence-electron chi connectivity index (χ1n) is 4.82. The summed E-state index contributed by atoms with van der Waals surface area (Å²) < 4.78 is 12.1. The normalized spacial score (nSPS) is 10.6. The lowest BCUT2D eigenvalue weighted by Gasteiger charge is -2.10. The maximum atomic E-state index is 5.14. The second kappa shape index (κ2) is 4.78. The van der Waals surface area contributed by atoms with Crippen LogP contribution in [0, 0.1) is 6.92 Å². The van der Waals surface area contributed by atoms with Gasteiger partial charge in [0.15, 0.2) is 0 Å². The summed E-state index contributed by atoms with van der Waals surface area (Å²) in [6.07, 6.45) is 0. The lowest BCUT2D eigenvalue weighted by molar-refractivity contribution is 0.334. The van der Waals surface area contributed by atoms with Crippen molar-refractivity contribution in [2.24, 2.45) is 0 Å². The molecule has 0 atom stereocenters. The number of aromatic nitrogens is 2. The van der Waals surface area contributed by atoms with Crippen LogP contribution in [0.3, 0.4) is 0 Å². The quantitative estimate of drug-likeness (QED) is 0.821. The van der Waals surface area contributed by atoms with Gasteiger partial charge in [0.25, 0.3) is 11.8 Å². The molecule has 17 heavy (non-hydrogen) atoms. The lowest BCUT2D eigenvalue weighted by Crippen LogP contribution is -1.98. The van der Waals surface area contributed by atoms with Crippen LogP contribution in [0.2, 0.25) is 0 Å². The van der Waals surface area contributed by atoms with Crippen LogP contribution in [0.15, 0.2) is 15.0 Å². The van der Waals surface area contributed by atoms with Gasteiger partial charge in [0, 0.05) is 8.95 Å². The molecule has 0 fully saturated rings. The van der Waals surface area contributed by atoms with Gasteiger partial charge in [0.1, 0.15) is 5.52 Å². The fourth-order valence-corrected chi connectivity index (χ4v) is 2.64. The third kappa shape index (κ3) is 2.11. The summed E-state index contributed by atoms with van der Waals surface area (Å²) in [6.45, 7) is 1.99. The Morgan fingerprint density at radius 2 is 1.65 bits per heavy atom. The monoisotopic (exact) mass is 360 g/mol. The molecule has 0 unspecified atom stereocenters. The number of nitrogens with zero attached hydrogens (tertiary/aromatic N) is 2. The summed E-state index contributed by atoms with van der Waals surface area (Å²) in [5, 5.41) is 0. The molecule has 2 aromatic rings. The van der Waals surface area contributed by atoms with Crippen molar-refractivity contribution in [1.82, 2.24) is 9.97 Å². The Bertz CT molecular complexity index is 587. The zero-order valence-electron chi connectivity index (χ0n) is 9.54. The Morgan fingerprint density at radius 3 is 2.24 bits per heavy atom. The van der Waals surface area contributed by atoms with Gasteiger partial charge >= 0.3 is 0 Å². The van der Waals surface area contributed by atoms with E-state index in [1.807, 2.05) is 13.0 Å². The van der Waals surface area contributed by atoms with E-state index in [1.54, 1.807) is 0 Å². The van der Waals surface area contributed by atoms with Crippen molar-refractivity contribution in [1.29, 1.82) is 0 Å². The van der Waals surface area contributed by atoms with E-state index in [-0.39, 0.29) is 0 Å². The van der Waals surface area contributed by atoms with Crippen molar-refractivity contribution >= 4 is 42.9 Å². The molecular weight excluding hydrogens is 352 g/mol. The van der Waals surface area contributed by atoms with Gasteiger partial charge in [0.2, 0.25) is 0 Å². The highest BCUT2D eigenvalue weighted by Gasteiger charge is 2.14. The molecule has 0 bridgehead atoms. The Kier molecular flexibility index (Phi) is 3.53. The van der Waals surface area contributed by atoms with E-state index < -0.39 is 0 Å². The van der Waals surface area contributed by atoms with Gasteiger partial charge in [0.05, 0.1) is 19.7 Å². The van der Waals surface area contributed by atoms with Gasteiger partial charge in [-0.3, -0.25) is 0 Å². The molecule has 1 aromatic carbocycles. The Hall–Kier alpha value is -0.880. The molecule has 0 amide bonds. The SMILES string of the molecule is COc1nc2cc(Br)c(C)c(Br)c2nc1OC. The highest BCUT2D eigenvalue weighted by molar-refractivity contribution is 9.11. The van der Waals surface area contributed by atoms with E-state index in [0.29, 0.717) is 11.8 Å². The van der Waals surface area contributed by atoms with Crippen LogP contribution in [-0.2, 0) is 0 Å². The predicted molar refractivity (Wildman–Crippen MR) is 72.8 cm³/mol. The van der Waals surface area contributed by atoms with Crippen LogP contribution in [0.25, 0.3) is 11.0 Å². The van der Waals surface area contributed by atoms with Crippen LogP contribution in [-0.4, -0.2) is 24.2 Å². The van der Waals surface area contributed by atoms with Gasteiger partial charge < -0.3 is 9.47 Å². The maximum absolute atomic E-state index is 5.14. The average Bonchev–Trinajstić information content (AvgIpc) is 2.34. The van der Waals surface area contributed by atoms with Crippen LogP contribution in [0.5, 0.6) is 11.8 Å². The molecule has 0 aliphatic carbocycles. The molecule has 0 N–H and O–H groups in total. The van der Waals surface area contributed by atoms with Crippen molar-refractivity contribution in [3.8, 4) is 11.8 Å². The number of fused-ring (bicyclic) bond motifs is 1. The summed E-state index contributed by atoms with van der Waals surface area (Å²) >= 11 is 6.99. The maximum Gasteiger partial charge on any atom is 0.278 e. The minimum atomic E-state index is 0.377. The highest BCUT2D eigenvalue weighted by Crippen LogP contribution is 2.34. The number of hydrogen-bond donors (Lipinski definition) is 0. The third-order valence-corrected chi connectivity index (χ3v) is 4.20. The highest BCUT2D eigenvalue weighted by atomic mass is 79.9. The van der Waals surface area contributed by atoms with Crippen molar-refractivity contribution in [3.05, 3.63) is 20.6 Å². The van der Waals surface area contributed by atoms with Crippen molar-refractivity contribution < 1.29 is 9.47 Å². The molecule has 2 rings (SSSR count). The van der Waals surface area contributed by atoms with Crippen LogP contribution < -0.4 is 9.47 Å². The zero-order chi connectivity index (χ0) is 12.6. The van der Waals surface area contributed by atoms with E-state index in [4.69, 9.17) is 9.47 Å². The fraction of sp³-hybridized carbons (Fsp3) is 0.273. The molecule has 90 valence electrons. The third-order valence-electron chi connectivity index (χ3n) is 2.41. The van der Waals surface area contributed by atoms with Crippen LogP contribution >= 0.6 is 31.9 Å². The molecule has 0 spiro atoms. The van der Waals surface area contributed by atoms with E-state index in [9.17, 15) is 0 Å². The number of methoxy groups -OCH3 is 2. The van der Waals surface area contributed by atoms with Crippen molar-refractivity contribution in [2.75, 3.05) is 14.2 Å². The Labute approximate surface area is 116 Å². The summed E-state index contributed by atoms with van der Waals surface area (Å²) in [6, 6.07) is 1.91. The van der Waals surface area contributed by atoms with Gasteiger partial charge in [-0.15, -0.1) is 0 Å². The summed E-state index contributed by atoms with van der Waals surface area (Å²) in [7, 11) is 3.08. The molecule has 0 aliphatic heterocycles. The van der Waals surface area contributed by atoms with Gasteiger partial charge in [-0.1, -0.05) is 15.9 Å². The summed E-state index contributed by atoms with van der Waals surface area (Å²) in [5.74, 6) is 0.755. The predicted octanol–water partition coefficient (Wildman–Crippen LogP) is 3.48.